The molecular weight excluding hydrogens is 492 g/mol. The van der Waals surface area contributed by atoms with Crippen LogP contribution in [-0.4, -0.2) is 9.13 Å². The molecule has 9 aromatic rings. The predicted octanol–water partition coefficient (Wildman–Crippen LogP) is 10.2. The molecule has 39 heavy (non-hydrogen) atoms. The first-order valence-electron chi connectivity index (χ1n) is 13.3. The van der Waals surface area contributed by atoms with E-state index in [-0.39, 0.29) is 0 Å². The van der Waals surface area contributed by atoms with Gasteiger partial charge in [-0.1, -0.05) is 78.9 Å². The largest absolute Gasteiger partial charge is 0.309 e. The molecule has 3 heterocycles. The Bertz CT molecular complexity index is 2350. The summed E-state index contributed by atoms with van der Waals surface area (Å²) in [6, 6.07) is 48.7. The van der Waals surface area contributed by atoms with Crippen molar-refractivity contribution in [1.82, 2.24) is 9.13 Å². The number of benzene rings is 6. The molecule has 0 unspecified atom stereocenters. The zero-order chi connectivity index (χ0) is 25.5. The monoisotopic (exact) mass is 514 g/mol. The van der Waals surface area contributed by atoms with Crippen LogP contribution in [0.15, 0.2) is 133 Å². The van der Waals surface area contributed by atoms with Gasteiger partial charge >= 0.3 is 0 Å². The molecule has 3 heteroatoms. The van der Waals surface area contributed by atoms with Gasteiger partial charge in [0, 0.05) is 53.1 Å². The Balaban J connectivity index is 1.36. The standard InChI is InChI=1S/C36H22N2S/c1-5-16-31-25(12-1)26-13-2-6-17-32(26)37(31)23-10-9-11-24(20-23)38-33-18-7-3-14-27(33)29-21-30-28-15-4-8-19-35(28)39-36(30)22-34(29)38/h1-22H. The third-order valence-electron chi connectivity index (χ3n) is 8.10. The van der Waals surface area contributed by atoms with Crippen LogP contribution < -0.4 is 0 Å². The van der Waals surface area contributed by atoms with Crippen LogP contribution in [0.4, 0.5) is 0 Å². The molecule has 0 fully saturated rings. The zero-order valence-electron chi connectivity index (χ0n) is 21.0. The van der Waals surface area contributed by atoms with Crippen molar-refractivity contribution in [1.29, 1.82) is 0 Å². The minimum absolute atomic E-state index is 1.17. The Morgan fingerprint density at radius 1 is 0.333 bits per heavy atom. The summed E-state index contributed by atoms with van der Waals surface area (Å²) in [4.78, 5) is 0. The lowest BCUT2D eigenvalue weighted by Crippen LogP contribution is -1.98. The Labute approximate surface area is 228 Å². The maximum atomic E-state index is 2.44. The van der Waals surface area contributed by atoms with Crippen molar-refractivity contribution in [2.75, 3.05) is 0 Å². The van der Waals surface area contributed by atoms with Crippen LogP contribution >= 0.6 is 11.3 Å². The molecule has 0 atom stereocenters. The number of hydrogen-bond donors (Lipinski definition) is 0. The Morgan fingerprint density at radius 2 is 0.846 bits per heavy atom. The number of aromatic nitrogens is 2. The van der Waals surface area contributed by atoms with Crippen LogP contribution in [0.2, 0.25) is 0 Å². The molecule has 0 aliphatic carbocycles. The van der Waals surface area contributed by atoms with E-state index in [1.54, 1.807) is 0 Å². The average molecular weight is 515 g/mol. The van der Waals surface area contributed by atoms with Crippen molar-refractivity contribution in [3.63, 3.8) is 0 Å². The van der Waals surface area contributed by atoms with E-state index >= 15 is 0 Å². The van der Waals surface area contributed by atoms with Crippen LogP contribution in [0.5, 0.6) is 0 Å². The lowest BCUT2D eigenvalue weighted by Gasteiger charge is -2.12. The van der Waals surface area contributed by atoms with Gasteiger partial charge in [0.1, 0.15) is 0 Å². The molecule has 0 N–H and O–H groups in total. The van der Waals surface area contributed by atoms with E-state index in [4.69, 9.17) is 0 Å². The fraction of sp³-hybridized carbons (Fsp3) is 0. The van der Waals surface area contributed by atoms with E-state index < -0.39 is 0 Å². The zero-order valence-corrected chi connectivity index (χ0v) is 21.8. The molecule has 0 radical (unpaired) electrons. The summed E-state index contributed by atoms with van der Waals surface area (Å²) in [6.07, 6.45) is 0. The van der Waals surface area contributed by atoms with Gasteiger partial charge in [-0.15, -0.1) is 11.3 Å². The summed E-state index contributed by atoms with van der Waals surface area (Å²) in [5.74, 6) is 0. The van der Waals surface area contributed by atoms with Crippen molar-refractivity contribution < 1.29 is 0 Å². The van der Waals surface area contributed by atoms with Crippen molar-refractivity contribution in [2.24, 2.45) is 0 Å². The number of hydrogen-bond acceptors (Lipinski definition) is 1. The minimum atomic E-state index is 1.17. The molecule has 0 amide bonds. The van der Waals surface area contributed by atoms with E-state index in [1.165, 1.54) is 75.2 Å². The first kappa shape index (κ1) is 21.1. The SMILES string of the molecule is c1cc(-n2c3ccccc3c3ccccc32)cc(-n2c3ccccc3c3cc4c(cc32)sc2ccccc24)c1. The fourth-order valence-electron chi connectivity index (χ4n) is 6.44. The van der Waals surface area contributed by atoms with Crippen molar-refractivity contribution in [2.45, 2.75) is 0 Å². The third-order valence-corrected chi connectivity index (χ3v) is 9.23. The topological polar surface area (TPSA) is 9.86 Å². The highest BCUT2D eigenvalue weighted by Gasteiger charge is 2.17. The highest BCUT2D eigenvalue weighted by molar-refractivity contribution is 7.25. The van der Waals surface area contributed by atoms with Gasteiger partial charge in [-0.05, 0) is 54.6 Å². The van der Waals surface area contributed by atoms with E-state index in [0.717, 1.165) is 0 Å². The second-order valence-corrected chi connectivity index (χ2v) is 11.3. The molecule has 0 aliphatic rings. The molecule has 9 rings (SSSR count). The number of fused-ring (bicyclic) bond motifs is 9. The van der Waals surface area contributed by atoms with Crippen molar-refractivity contribution in [3.8, 4) is 11.4 Å². The van der Waals surface area contributed by atoms with Crippen LogP contribution in [0.1, 0.15) is 0 Å². The van der Waals surface area contributed by atoms with Gasteiger partial charge in [0.05, 0.1) is 22.1 Å². The summed E-state index contributed by atoms with van der Waals surface area (Å²) in [5, 5.41) is 7.82. The highest BCUT2D eigenvalue weighted by atomic mass is 32.1. The summed E-state index contributed by atoms with van der Waals surface area (Å²) < 4.78 is 7.49. The number of rotatable bonds is 2. The molecule has 0 saturated carbocycles. The van der Waals surface area contributed by atoms with E-state index in [9.17, 15) is 0 Å². The van der Waals surface area contributed by atoms with E-state index in [1.807, 2.05) is 11.3 Å². The first-order chi connectivity index (χ1) is 19.3. The van der Waals surface area contributed by atoms with Crippen molar-refractivity contribution >= 4 is 75.1 Å². The molecular formula is C36H22N2S. The molecule has 2 nitrogen and oxygen atoms in total. The van der Waals surface area contributed by atoms with E-state index in [0.29, 0.717) is 0 Å². The number of thiophene rings is 1. The van der Waals surface area contributed by atoms with Gasteiger partial charge in [-0.3, -0.25) is 0 Å². The second kappa shape index (κ2) is 7.83. The smallest absolute Gasteiger partial charge is 0.0555 e. The summed E-state index contributed by atoms with van der Waals surface area (Å²) in [7, 11) is 0. The first-order valence-corrected chi connectivity index (χ1v) is 14.1. The summed E-state index contributed by atoms with van der Waals surface area (Å²) in [6.45, 7) is 0. The normalized spacial score (nSPS) is 12.1. The van der Waals surface area contributed by atoms with Crippen LogP contribution in [0.25, 0.3) is 75.2 Å². The van der Waals surface area contributed by atoms with Crippen LogP contribution in [0, 0.1) is 0 Å². The van der Waals surface area contributed by atoms with Gasteiger partial charge in [0.25, 0.3) is 0 Å². The maximum Gasteiger partial charge on any atom is 0.0555 e. The van der Waals surface area contributed by atoms with Gasteiger partial charge in [-0.25, -0.2) is 0 Å². The van der Waals surface area contributed by atoms with E-state index in [2.05, 4.69) is 143 Å². The average Bonchev–Trinajstić information content (AvgIpc) is 3.63. The predicted molar refractivity (Wildman–Crippen MR) is 168 cm³/mol. The molecule has 182 valence electrons. The number of para-hydroxylation sites is 3. The molecule has 6 aromatic carbocycles. The summed E-state index contributed by atoms with van der Waals surface area (Å²) in [5.41, 5.74) is 7.26. The minimum Gasteiger partial charge on any atom is -0.309 e. The molecule has 3 aromatic heterocycles. The van der Waals surface area contributed by atoms with Gasteiger partial charge in [0.15, 0.2) is 0 Å². The Morgan fingerprint density at radius 3 is 1.49 bits per heavy atom. The van der Waals surface area contributed by atoms with Gasteiger partial charge < -0.3 is 9.13 Å². The summed E-state index contributed by atoms with van der Waals surface area (Å²) >= 11 is 1.88. The molecule has 0 aliphatic heterocycles. The molecule has 0 spiro atoms. The molecule has 0 bridgehead atoms. The number of nitrogens with zero attached hydrogens (tertiary/aromatic N) is 2. The fourth-order valence-corrected chi connectivity index (χ4v) is 7.56. The van der Waals surface area contributed by atoms with Gasteiger partial charge in [0.2, 0.25) is 0 Å². The van der Waals surface area contributed by atoms with Crippen LogP contribution in [0.3, 0.4) is 0 Å². The third kappa shape index (κ3) is 2.91. The second-order valence-electron chi connectivity index (χ2n) is 10.2. The quantitative estimate of drug-likeness (QED) is 0.217. The Kier molecular flexibility index (Phi) is 4.24. The lowest BCUT2D eigenvalue weighted by atomic mass is 10.1. The van der Waals surface area contributed by atoms with Gasteiger partial charge in [-0.2, -0.15) is 0 Å². The van der Waals surface area contributed by atoms with Crippen molar-refractivity contribution in [3.05, 3.63) is 133 Å². The molecule has 0 saturated heterocycles. The maximum absolute atomic E-state index is 2.44. The van der Waals surface area contributed by atoms with Crippen LogP contribution in [-0.2, 0) is 0 Å². The Hall–Kier alpha value is -4.86. The highest BCUT2D eigenvalue weighted by Crippen LogP contribution is 2.41. The lowest BCUT2D eigenvalue weighted by molar-refractivity contribution is 1.13.